The van der Waals surface area contributed by atoms with Crippen molar-refractivity contribution in [2.75, 3.05) is 4.90 Å². The Morgan fingerprint density at radius 1 is 0.611 bits per heavy atom. The van der Waals surface area contributed by atoms with Gasteiger partial charge in [-0.1, -0.05) is 107 Å². The van der Waals surface area contributed by atoms with E-state index in [1.54, 1.807) is 0 Å². The van der Waals surface area contributed by atoms with E-state index in [0.717, 1.165) is 0 Å². The minimum Gasteiger partial charge on any atom is -0.336 e. The Morgan fingerprint density at radius 3 is 1.92 bits per heavy atom. The Hall–Kier alpha value is -3.32. The fourth-order valence-corrected chi connectivity index (χ4v) is 6.07. The molecule has 36 heavy (non-hydrogen) atoms. The van der Waals surface area contributed by atoms with Gasteiger partial charge in [-0.05, 0) is 83.3 Å². The van der Waals surface area contributed by atoms with Gasteiger partial charge in [0.15, 0.2) is 0 Å². The molecule has 4 aromatic rings. The molecule has 0 atom stereocenters. The summed E-state index contributed by atoms with van der Waals surface area (Å²) in [5.74, 6) is 0. The summed E-state index contributed by atoms with van der Waals surface area (Å²) in [6, 6.07) is 33.5. The molecule has 0 aliphatic heterocycles. The zero-order valence-corrected chi connectivity index (χ0v) is 23.1. The van der Waals surface area contributed by atoms with Crippen LogP contribution in [0.25, 0.3) is 22.3 Å². The van der Waals surface area contributed by atoms with Crippen LogP contribution in [0.2, 0.25) is 0 Å². The predicted octanol–water partition coefficient (Wildman–Crippen LogP) is 9.89. The first-order chi connectivity index (χ1) is 16.9. The number of nitrogens with zero attached hydrogens (tertiary/aromatic N) is 1. The van der Waals surface area contributed by atoms with Gasteiger partial charge in [0, 0.05) is 22.3 Å². The third-order valence-electron chi connectivity index (χ3n) is 7.60. The Morgan fingerprint density at radius 2 is 1.25 bits per heavy atom. The average Bonchev–Trinajstić information content (AvgIpc) is 3.05. The first-order valence-corrected chi connectivity index (χ1v) is 13.1. The van der Waals surface area contributed by atoms with E-state index in [-0.39, 0.29) is 16.4 Å². The SMILES string of the molecule is CC(C)(C)c1c(N(c2cccc(-c3ccccc3)c2)C(C)(C)C)ccc2c1-c1ccccc1C2(C)C. The lowest BCUT2D eigenvalue weighted by Gasteiger charge is -2.42. The molecular weight excluding hydrogens is 434 g/mol. The molecule has 0 spiro atoms. The topological polar surface area (TPSA) is 3.24 Å². The van der Waals surface area contributed by atoms with Crippen LogP contribution in [-0.4, -0.2) is 5.54 Å². The molecular formula is C35H39N. The lowest BCUT2D eigenvalue weighted by molar-refractivity contribution is 0.543. The van der Waals surface area contributed by atoms with Crippen LogP contribution in [0.4, 0.5) is 11.4 Å². The summed E-state index contributed by atoms with van der Waals surface area (Å²) in [6.07, 6.45) is 0. The number of hydrogen-bond acceptors (Lipinski definition) is 1. The summed E-state index contributed by atoms with van der Waals surface area (Å²) in [6.45, 7) is 18.8. The molecule has 0 amide bonds. The number of hydrogen-bond donors (Lipinski definition) is 0. The summed E-state index contributed by atoms with van der Waals surface area (Å²) < 4.78 is 0. The summed E-state index contributed by atoms with van der Waals surface area (Å²) in [7, 11) is 0. The fraction of sp³-hybridized carbons (Fsp3) is 0.314. The molecule has 0 aromatic heterocycles. The lowest BCUT2D eigenvalue weighted by Crippen LogP contribution is -2.39. The van der Waals surface area contributed by atoms with Crippen LogP contribution >= 0.6 is 0 Å². The van der Waals surface area contributed by atoms with Gasteiger partial charge in [-0.2, -0.15) is 0 Å². The van der Waals surface area contributed by atoms with Gasteiger partial charge in [0.05, 0.1) is 0 Å². The minimum atomic E-state index is -0.114. The minimum absolute atomic E-state index is 0.00968. The zero-order valence-electron chi connectivity index (χ0n) is 23.1. The van der Waals surface area contributed by atoms with E-state index in [0.29, 0.717) is 0 Å². The van der Waals surface area contributed by atoms with Gasteiger partial charge < -0.3 is 4.90 Å². The average molecular weight is 474 g/mol. The smallest absolute Gasteiger partial charge is 0.0460 e. The predicted molar refractivity (Wildman–Crippen MR) is 156 cm³/mol. The molecule has 0 saturated heterocycles. The maximum absolute atomic E-state index is 2.55. The van der Waals surface area contributed by atoms with E-state index in [2.05, 4.69) is 151 Å². The zero-order chi connectivity index (χ0) is 25.9. The molecule has 0 N–H and O–H groups in total. The molecule has 0 fully saturated rings. The Bertz CT molecular complexity index is 1410. The number of rotatable bonds is 3. The van der Waals surface area contributed by atoms with Crippen LogP contribution in [-0.2, 0) is 10.8 Å². The highest BCUT2D eigenvalue weighted by atomic mass is 15.2. The quantitative estimate of drug-likeness (QED) is 0.286. The second-order valence-electron chi connectivity index (χ2n) is 12.7. The second kappa shape index (κ2) is 8.37. The van der Waals surface area contributed by atoms with Crippen LogP contribution in [0.3, 0.4) is 0 Å². The fourth-order valence-electron chi connectivity index (χ4n) is 6.07. The van der Waals surface area contributed by atoms with Crippen molar-refractivity contribution < 1.29 is 0 Å². The lowest BCUT2D eigenvalue weighted by atomic mass is 9.77. The van der Waals surface area contributed by atoms with Gasteiger partial charge in [-0.25, -0.2) is 0 Å². The standard InChI is InChI=1S/C35H39N/c1-33(2,3)32-30(22-21-29-31(32)27-19-12-13-20-28(27)35(29,7)8)36(34(4,5)6)26-18-14-17-25(23-26)24-15-10-9-11-16-24/h9-23H,1-8H3. The van der Waals surface area contributed by atoms with Crippen molar-refractivity contribution in [3.05, 3.63) is 108 Å². The van der Waals surface area contributed by atoms with Crippen molar-refractivity contribution >= 4 is 11.4 Å². The number of anilines is 2. The van der Waals surface area contributed by atoms with Crippen LogP contribution < -0.4 is 4.90 Å². The third kappa shape index (κ3) is 3.95. The van der Waals surface area contributed by atoms with Gasteiger partial charge in [0.2, 0.25) is 0 Å². The van der Waals surface area contributed by atoms with Crippen LogP contribution in [0.15, 0.2) is 91.0 Å². The molecule has 4 aromatic carbocycles. The van der Waals surface area contributed by atoms with Crippen molar-refractivity contribution in [3.63, 3.8) is 0 Å². The Balaban J connectivity index is 1.80. The van der Waals surface area contributed by atoms with E-state index in [9.17, 15) is 0 Å². The summed E-state index contributed by atoms with van der Waals surface area (Å²) >= 11 is 0. The van der Waals surface area contributed by atoms with Gasteiger partial charge in [0.25, 0.3) is 0 Å². The normalized spacial score (nSPS) is 14.3. The Kier molecular flexibility index (Phi) is 5.67. The molecule has 0 radical (unpaired) electrons. The third-order valence-corrected chi connectivity index (χ3v) is 7.60. The number of fused-ring (bicyclic) bond motifs is 3. The van der Waals surface area contributed by atoms with Gasteiger partial charge in [-0.3, -0.25) is 0 Å². The maximum Gasteiger partial charge on any atom is 0.0460 e. The molecule has 0 saturated carbocycles. The van der Waals surface area contributed by atoms with Gasteiger partial charge >= 0.3 is 0 Å². The van der Waals surface area contributed by atoms with Crippen molar-refractivity contribution in [2.45, 2.75) is 71.8 Å². The van der Waals surface area contributed by atoms with E-state index < -0.39 is 0 Å². The van der Waals surface area contributed by atoms with E-state index >= 15 is 0 Å². The van der Waals surface area contributed by atoms with Gasteiger partial charge in [-0.15, -0.1) is 0 Å². The molecule has 184 valence electrons. The van der Waals surface area contributed by atoms with Crippen molar-refractivity contribution in [3.8, 4) is 22.3 Å². The molecule has 1 aliphatic carbocycles. The van der Waals surface area contributed by atoms with Crippen molar-refractivity contribution in [1.82, 2.24) is 0 Å². The van der Waals surface area contributed by atoms with Gasteiger partial charge in [0.1, 0.15) is 0 Å². The molecule has 5 rings (SSSR count). The van der Waals surface area contributed by atoms with Crippen LogP contribution in [0.1, 0.15) is 72.1 Å². The number of benzene rings is 4. The molecule has 1 aliphatic rings. The maximum atomic E-state index is 2.55. The molecule has 1 heteroatoms. The largest absolute Gasteiger partial charge is 0.336 e. The monoisotopic (exact) mass is 473 g/mol. The van der Waals surface area contributed by atoms with Crippen LogP contribution in [0, 0.1) is 0 Å². The molecule has 0 unspecified atom stereocenters. The summed E-state index contributed by atoms with van der Waals surface area (Å²) in [4.78, 5) is 2.55. The molecule has 0 heterocycles. The first kappa shape index (κ1) is 24.4. The van der Waals surface area contributed by atoms with E-state index in [4.69, 9.17) is 0 Å². The van der Waals surface area contributed by atoms with Crippen molar-refractivity contribution in [2.24, 2.45) is 0 Å². The summed E-state index contributed by atoms with van der Waals surface area (Å²) in [5, 5.41) is 0. The first-order valence-electron chi connectivity index (χ1n) is 13.1. The Labute approximate surface area is 217 Å². The van der Waals surface area contributed by atoms with Crippen molar-refractivity contribution in [1.29, 1.82) is 0 Å². The molecule has 1 nitrogen and oxygen atoms in total. The highest BCUT2D eigenvalue weighted by Crippen LogP contribution is 2.55. The van der Waals surface area contributed by atoms with Crippen LogP contribution in [0.5, 0.6) is 0 Å². The second-order valence-corrected chi connectivity index (χ2v) is 12.7. The van der Waals surface area contributed by atoms with E-state index in [1.807, 2.05) is 0 Å². The summed E-state index contributed by atoms with van der Waals surface area (Å²) in [5.41, 5.74) is 12.0. The highest BCUT2D eigenvalue weighted by Gasteiger charge is 2.41. The van der Waals surface area contributed by atoms with E-state index in [1.165, 1.54) is 50.3 Å². The highest BCUT2D eigenvalue weighted by molar-refractivity contribution is 5.89. The molecule has 0 bridgehead atoms.